The second-order valence-electron chi connectivity index (χ2n) is 11.6. The standard InChI is InChI=1S/C35H38F3N3O6S2/c1-22(2)41(49(45,46)26-16-14-25(39)15-17-26)28(21-42)31-19-18-30(48-31)27(35(36,37)38)20-29(43)33(40-34(44)47-3)32(23-10-6-4-7-11-23)24-12-8-5-9-13-24/h4-19,22,27-28,32-33,42H,20-21,39H2,1-3H3,(H,40,44)/t27-,28-,33-/m1/s1. The lowest BCUT2D eigenvalue weighted by atomic mass is 9.81. The predicted molar refractivity (Wildman–Crippen MR) is 182 cm³/mol. The van der Waals surface area contributed by atoms with Gasteiger partial charge in [-0.1, -0.05) is 60.7 Å². The number of aliphatic hydroxyl groups excluding tert-OH is 1. The Labute approximate surface area is 287 Å². The van der Waals surface area contributed by atoms with E-state index in [0.717, 1.165) is 11.4 Å². The van der Waals surface area contributed by atoms with Crippen molar-refractivity contribution in [3.63, 3.8) is 0 Å². The summed E-state index contributed by atoms with van der Waals surface area (Å²) in [5, 5.41) is 12.9. The van der Waals surface area contributed by atoms with Crippen molar-refractivity contribution < 1.29 is 41.0 Å². The number of halogens is 3. The van der Waals surface area contributed by atoms with Crippen molar-refractivity contribution in [3.8, 4) is 0 Å². The molecular weight excluding hydrogens is 680 g/mol. The third-order valence-electron chi connectivity index (χ3n) is 8.02. The Morgan fingerprint density at radius 2 is 1.43 bits per heavy atom. The van der Waals surface area contributed by atoms with Gasteiger partial charge in [-0.3, -0.25) is 4.79 Å². The smallest absolute Gasteiger partial charge is 0.407 e. The highest BCUT2D eigenvalue weighted by atomic mass is 32.2. The fourth-order valence-electron chi connectivity index (χ4n) is 5.74. The van der Waals surface area contributed by atoms with Gasteiger partial charge in [0.05, 0.1) is 30.6 Å². The summed E-state index contributed by atoms with van der Waals surface area (Å²) in [6.45, 7) is 2.46. The minimum absolute atomic E-state index is 0.0973. The van der Waals surface area contributed by atoms with E-state index < -0.39 is 71.1 Å². The van der Waals surface area contributed by atoms with E-state index in [1.165, 1.54) is 36.4 Å². The van der Waals surface area contributed by atoms with Crippen LogP contribution in [0.1, 0.15) is 59.0 Å². The van der Waals surface area contributed by atoms with Gasteiger partial charge >= 0.3 is 12.3 Å². The van der Waals surface area contributed by atoms with Crippen LogP contribution in [-0.4, -0.2) is 61.7 Å². The molecule has 49 heavy (non-hydrogen) atoms. The molecule has 1 heterocycles. The fourth-order valence-corrected chi connectivity index (χ4v) is 8.82. The van der Waals surface area contributed by atoms with Crippen LogP contribution in [0.3, 0.4) is 0 Å². The number of benzene rings is 3. The number of nitrogens with one attached hydrogen (secondary N) is 1. The number of hydrogen-bond donors (Lipinski definition) is 3. The molecule has 0 unspecified atom stereocenters. The summed E-state index contributed by atoms with van der Waals surface area (Å²) in [6, 6.07) is 21.9. The molecule has 262 valence electrons. The second kappa shape index (κ2) is 16.0. The maximum absolute atomic E-state index is 14.8. The van der Waals surface area contributed by atoms with Crippen LogP contribution in [-0.2, 0) is 19.6 Å². The molecule has 4 rings (SSSR count). The second-order valence-corrected chi connectivity index (χ2v) is 14.6. The summed E-state index contributed by atoms with van der Waals surface area (Å²) < 4.78 is 77.6. The van der Waals surface area contributed by atoms with Crippen LogP contribution >= 0.6 is 11.3 Å². The molecule has 1 amide bonds. The first-order chi connectivity index (χ1) is 23.2. The third kappa shape index (κ3) is 8.87. The zero-order valence-corrected chi connectivity index (χ0v) is 28.6. The first kappa shape index (κ1) is 37.6. The van der Waals surface area contributed by atoms with Crippen LogP contribution < -0.4 is 11.1 Å². The number of nitrogen functional groups attached to an aromatic ring is 1. The number of aliphatic hydroxyl groups is 1. The van der Waals surface area contributed by atoms with Gasteiger partial charge in [-0.2, -0.15) is 17.5 Å². The Balaban J connectivity index is 1.73. The number of ketones is 1. The largest absolute Gasteiger partial charge is 0.453 e. The van der Waals surface area contributed by atoms with Crippen LogP contribution in [0.25, 0.3) is 0 Å². The number of Topliss-reactive ketones (excluding diaryl/α,β-unsaturated/α-hetero) is 1. The first-order valence-electron chi connectivity index (χ1n) is 15.3. The average Bonchev–Trinajstić information content (AvgIpc) is 3.55. The van der Waals surface area contributed by atoms with Gasteiger partial charge in [-0.25, -0.2) is 13.2 Å². The zero-order chi connectivity index (χ0) is 35.9. The van der Waals surface area contributed by atoms with Crippen molar-refractivity contribution in [1.82, 2.24) is 9.62 Å². The van der Waals surface area contributed by atoms with Gasteiger partial charge in [0.2, 0.25) is 10.0 Å². The van der Waals surface area contributed by atoms with Gasteiger partial charge in [0.15, 0.2) is 5.78 Å². The Bertz CT molecular complexity index is 1760. The van der Waals surface area contributed by atoms with E-state index >= 15 is 0 Å². The van der Waals surface area contributed by atoms with E-state index in [1.807, 2.05) is 0 Å². The maximum Gasteiger partial charge on any atom is 0.407 e. The van der Waals surface area contributed by atoms with E-state index in [9.17, 15) is 36.3 Å². The van der Waals surface area contributed by atoms with Gasteiger partial charge in [0.1, 0.15) is 6.04 Å². The number of alkyl halides is 3. The molecule has 3 atom stereocenters. The van der Waals surface area contributed by atoms with Crippen molar-refractivity contribution in [3.05, 3.63) is 118 Å². The summed E-state index contributed by atoms with van der Waals surface area (Å²) in [7, 11) is -3.14. The topological polar surface area (TPSA) is 139 Å². The number of nitrogens with zero attached hydrogens (tertiary/aromatic N) is 1. The molecule has 0 aliphatic rings. The Morgan fingerprint density at radius 3 is 1.90 bits per heavy atom. The van der Waals surface area contributed by atoms with E-state index in [2.05, 4.69) is 5.32 Å². The van der Waals surface area contributed by atoms with E-state index in [0.29, 0.717) is 28.2 Å². The number of hydrogen-bond acceptors (Lipinski definition) is 8. The summed E-state index contributed by atoms with van der Waals surface area (Å²) in [5.41, 5.74) is 7.24. The third-order valence-corrected chi connectivity index (χ3v) is 11.4. The van der Waals surface area contributed by atoms with Crippen molar-refractivity contribution in [1.29, 1.82) is 0 Å². The number of methoxy groups -OCH3 is 1. The molecule has 0 saturated carbocycles. The lowest BCUT2D eigenvalue weighted by molar-refractivity contribution is -0.156. The molecule has 9 nitrogen and oxygen atoms in total. The monoisotopic (exact) mass is 717 g/mol. The molecule has 0 radical (unpaired) electrons. The number of carbonyl (C=O) groups excluding carboxylic acids is 2. The SMILES string of the molecule is COC(=O)N[C@H](C(=O)C[C@H](c1ccc([C@@H](CO)N(C(C)C)S(=O)(=O)c2ccc(N)cc2)s1)C(F)(F)F)C(c1ccccc1)c1ccccc1. The Hall–Kier alpha value is -4.24. The van der Waals surface area contributed by atoms with Crippen molar-refractivity contribution in [2.45, 2.75) is 61.3 Å². The molecule has 0 aliphatic carbocycles. The first-order valence-corrected chi connectivity index (χ1v) is 17.6. The molecule has 0 saturated heterocycles. The maximum atomic E-state index is 14.8. The summed E-state index contributed by atoms with van der Waals surface area (Å²) in [5.74, 6) is -4.04. The number of nitrogens with two attached hydrogens (primary N) is 1. The fraction of sp³-hybridized carbons (Fsp3) is 0.314. The highest BCUT2D eigenvalue weighted by Crippen LogP contribution is 2.44. The predicted octanol–water partition coefficient (Wildman–Crippen LogP) is 6.62. The summed E-state index contributed by atoms with van der Waals surface area (Å²) >= 11 is 0.663. The number of sulfonamides is 1. The normalized spacial score (nSPS) is 14.1. The van der Waals surface area contributed by atoms with Gasteiger partial charge < -0.3 is 20.9 Å². The molecule has 0 spiro atoms. The van der Waals surface area contributed by atoms with Gasteiger partial charge in [-0.15, -0.1) is 11.3 Å². The lowest BCUT2D eigenvalue weighted by Gasteiger charge is -2.32. The summed E-state index contributed by atoms with van der Waals surface area (Å²) in [4.78, 5) is 26.3. The molecule has 0 aliphatic heterocycles. The highest BCUT2D eigenvalue weighted by molar-refractivity contribution is 7.89. The number of amides is 1. The molecule has 4 N–H and O–H groups in total. The molecular formula is C35H38F3N3O6S2. The Kier molecular flexibility index (Phi) is 12.3. The van der Waals surface area contributed by atoms with Crippen LogP contribution in [0.2, 0.25) is 0 Å². The number of ether oxygens (including phenoxy) is 1. The Morgan fingerprint density at radius 1 is 0.898 bits per heavy atom. The molecule has 4 aromatic rings. The van der Waals surface area contributed by atoms with Gasteiger partial charge in [0, 0.05) is 33.8 Å². The average molecular weight is 718 g/mol. The van der Waals surface area contributed by atoms with Gasteiger partial charge in [0.25, 0.3) is 0 Å². The van der Waals surface area contributed by atoms with Crippen LogP contribution in [0.5, 0.6) is 0 Å². The number of alkyl carbamates (subject to hydrolysis) is 1. The van der Waals surface area contributed by atoms with Crippen LogP contribution in [0.4, 0.5) is 23.7 Å². The van der Waals surface area contributed by atoms with Crippen LogP contribution in [0, 0.1) is 0 Å². The minimum Gasteiger partial charge on any atom is -0.453 e. The number of thiophene rings is 1. The minimum atomic E-state index is -4.90. The number of carbonyl (C=O) groups is 2. The van der Waals surface area contributed by atoms with E-state index in [-0.39, 0.29) is 14.6 Å². The van der Waals surface area contributed by atoms with Crippen LogP contribution in [0.15, 0.2) is 102 Å². The number of rotatable bonds is 14. The van der Waals surface area contributed by atoms with Crippen molar-refractivity contribution in [2.75, 3.05) is 19.5 Å². The quantitative estimate of drug-likeness (QED) is 0.125. The molecule has 3 aromatic carbocycles. The molecule has 14 heteroatoms. The summed E-state index contributed by atoms with van der Waals surface area (Å²) in [6.07, 6.45) is -6.92. The lowest BCUT2D eigenvalue weighted by Crippen LogP contribution is -2.46. The molecule has 1 aromatic heterocycles. The highest BCUT2D eigenvalue weighted by Gasteiger charge is 2.46. The van der Waals surface area contributed by atoms with E-state index in [4.69, 9.17) is 10.5 Å². The van der Waals surface area contributed by atoms with Crippen molar-refractivity contribution in [2.24, 2.45) is 0 Å². The van der Waals surface area contributed by atoms with Crippen molar-refractivity contribution >= 4 is 38.9 Å². The zero-order valence-electron chi connectivity index (χ0n) is 27.0. The molecule has 0 fully saturated rings. The number of anilines is 1. The van der Waals surface area contributed by atoms with E-state index in [1.54, 1.807) is 74.5 Å². The van der Waals surface area contributed by atoms with Gasteiger partial charge in [-0.05, 0) is 61.4 Å². The molecule has 0 bridgehead atoms.